The fourth-order valence-electron chi connectivity index (χ4n) is 3.96. The lowest BCUT2D eigenvalue weighted by atomic mass is 10.1. The van der Waals surface area contributed by atoms with E-state index in [4.69, 9.17) is 23.2 Å². The van der Waals surface area contributed by atoms with Crippen molar-refractivity contribution in [1.29, 1.82) is 0 Å². The van der Waals surface area contributed by atoms with E-state index in [0.29, 0.717) is 27.0 Å². The van der Waals surface area contributed by atoms with Crippen LogP contribution in [0.2, 0.25) is 10.0 Å². The molecular weight excluding hydrogens is 614 g/mol. The number of anilines is 1. The molecule has 7 nitrogen and oxygen atoms in total. The Kier molecular flexibility index (Phi) is 10.2. The van der Waals surface area contributed by atoms with Gasteiger partial charge in [-0.25, -0.2) is 8.42 Å². The molecule has 0 saturated carbocycles. The van der Waals surface area contributed by atoms with Crippen LogP contribution in [0.3, 0.4) is 0 Å². The van der Waals surface area contributed by atoms with Gasteiger partial charge in [0.05, 0.1) is 21.2 Å². The van der Waals surface area contributed by atoms with E-state index in [1.54, 1.807) is 51.1 Å². The second-order valence-corrected chi connectivity index (χ2v) is 13.3. The Morgan fingerprint density at radius 1 is 0.929 bits per heavy atom. The molecule has 42 heavy (non-hydrogen) atoms. The maximum atomic E-state index is 13.9. The molecule has 0 aliphatic rings. The molecule has 3 aromatic rings. The number of hydrogen-bond donors (Lipinski definition) is 1. The fraction of sp³-hybridized carbons (Fsp3) is 0.310. The number of alkyl halides is 3. The van der Waals surface area contributed by atoms with Crippen LogP contribution in [-0.4, -0.2) is 43.3 Å². The van der Waals surface area contributed by atoms with E-state index in [1.807, 2.05) is 0 Å². The summed E-state index contributed by atoms with van der Waals surface area (Å²) in [6.45, 7) is 5.68. The minimum Gasteiger partial charge on any atom is -0.350 e. The summed E-state index contributed by atoms with van der Waals surface area (Å²) in [6.07, 6.45) is -4.81. The molecule has 0 heterocycles. The Labute approximate surface area is 253 Å². The first-order chi connectivity index (χ1) is 19.4. The molecule has 0 aromatic heterocycles. The van der Waals surface area contributed by atoms with Crippen molar-refractivity contribution in [3.05, 3.63) is 94.0 Å². The Morgan fingerprint density at radius 3 is 2.07 bits per heavy atom. The SMILES string of the molecule is C[C@@H](C(=O)NC(C)(C)C)N(Cc1ccc(Cl)cc1)C(=O)CN(c1cc(C(F)(F)F)ccc1Cl)S(=O)(=O)c1ccccc1. The van der Waals surface area contributed by atoms with Crippen LogP contribution < -0.4 is 9.62 Å². The highest BCUT2D eigenvalue weighted by Crippen LogP contribution is 2.37. The standard InChI is InChI=1S/C29H30Cl2F3N3O4S/c1-19(27(39)35-28(2,3)4)36(17-20-10-13-22(30)14-11-20)26(38)18-37(42(40,41)23-8-6-5-7-9-23)25-16-21(29(32,33)34)12-15-24(25)31/h5-16,19H,17-18H2,1-4H3,(H,35,39)/t19-/m0/s1. The van der Waals surface area contributed by atoms with Crippen LogP contribution in [-0.2, 0) is 32.3 Å². The quantitative estimate of drug-likeness (QED) is 0.287. The van der Waals surface area contributed by atoms with Gasteiger partial charge >= 0.3 is 6.18 Å². The summed E-state index contributed by atoms with van der Waals surface area (Å²) in [4.78, 5) is 27.9. The van der Waals surface area contributed by atoms with Crippen molar-refractivity contribution in [2.24, 2.45) is 0 Å². The first-order valence-corrected chi connectivity index (χ1v) is 14.9. The maximum absolute atomic E-state index is 13.9. The minimum absolute atomic E-state index is 0.121. The molecule has 0 aliphatic heterocycles. The molecule has 0 radical (unpaired) electrons. The van der Waals surface area contributed by atoms with Crippen molar-refractivity contribution >= 4 is 50.7 Å². The molecular formula is C29H30Cl2F3N3O4S. The van der Waals surface area contributed by atoms with Crippen LogP contribution in [0.15, 0.2) is 77.7 Å². The molecule has 0 aliphatic carbocycles. The van der Waals surface area contributed by atoms with Crippen molar-refractivity contribution in [3.63, 3.8) is 0 Å². The average Bonchev–Trinajstić information content (AvgIpc) is 2.90. The number of benzene rings is 3. The van der Waals surface area contributed by atoms with E-state index in [0.717, 1.165) is 11.0 Å². The number of rotatable bonds is 9. The van der Waals surface area contributed by atoms with Crippen LogP contribution in [0.1, 0.15) is 38.8 Å². The highest BCUT2D eigenvalue weighted by Gasteiger charge is 2.36. The predicted molar refractivity (Wildman–Crippen MR) is 157 cm³/mol. The second kappa shape index (κ2) is 12.9. The summed E-state index contributed by atoms with van der Waals surface area (Å²) in [5, 5.41) is 2.91. The van der Waals surface area contributed by atoms with Crippen LogP contribution in [0.5, 0.6) is 0 Å². The Morgan fingerprint density at radius 2 is 1.52 bits per heavy atom. The first kappa shape index (κ1) is 33.2. The number of amides is 2. The number of nitrogens with one attached hydrogen (secondary N) is 1. The third kappa shape index (κ3) is 8.39. The zero-order chi connectivity index (χ0) is 31.5. The number of carbonyl (C=O) groups excluding carboxylic acids is 2. The topological polar surface area (TPSA) is 86.8 Å². The third-order valence-electron chi connectivity index (χ3n) is 6.08. The summed E-state index contributed by atoms with van der Waals surface area (Å²) in [5.74, 6) is -1.37. The summed E-state index contributed by atoms with van der Waals surface area (Å²) < 4.78 is 69.1. The van der Waals surface area contributed by atoms with E-state index < -0.39 is 57.4 Å². The van der Waals surface area contributed by atoms with Crippen molar-refractivity contribution in [2.45, 2.75) is 56.9 Å². The number of sulfonamides is 1. The fourth-order valence-corrected chi connectivity index (χ4v) is 5.80. The zero-order valence-corrected chi connectivity index (χ0v) is 25.6. The molecule has 226 valence electrons. The van der Waals surface area contributed by atoms with Crippen LogP contribution in [0.4, 0.5) is 18.9 Å². The molecule has 13 heteroatoms. The van der Waals surface area contributed by atoms with Gasteiger partial charge in [0.1, 0.15) is 12.6 Å². The van der Waals surface area contributed by atoms with Crippen LogP contribution in [0, 0.1) is 0 Å². The summed E-state index contributed by atoms with van der Waals surface area (Å²) in [6, 6.07) is 14.5. The van der Waals surface area contributed by atoms with Crippen LogP contribution in [0.25, 0.3) is 0 Å². The van der Waals surface area contributed by atoms with Crippen molar-refractivity contribution < 1.29 is 31.2 Å². The first-order valence-electron chi connectivity index (χ1n) is 12.7. The van der Waals surface area contributed by atoms with E-state index in [9.17, 15) is 31.2 Å². The summed E-state index contributed by atoms with van der Waals surface area (Å²) in [5.41, 5.74) is -1.76. The van der Waals surface area contributed by atoms with Crippen LogP contribution >= 0.6 is 23.2 Å². The Balaban J connectivity index is 2.13. The normalized spacial score (nSPS) is 12.9. The molecule has 2 amide bonds. The van der Waals surface area contributed by atoms with Crippen molar-refractivity contribution in [3.8, 4) is 0 Å². The van der Waals surface area contributed by atoms with Gasteiger partial charge in [-0.2, -0.15) is 13.2 Å². The van der Waals surface area contributed by atoms with Gasteiger partial charge in [-0.1, -0.05) is 53.5 Å². The highest BCUT2D eigenvalue weighted by atomic mass is 35.5. The molecule has 0 saturated heterocycles. The van der Waals surface area contributed by atoms with Gasteiger partial charge in [-0.3, -0.25) is 13.9 Å². The van der Waals surface area contributed by atoms with Gasteiger partial charge in [0.15, 0.2) is 0 Å². The largest absolute Gasteiger partial charge is 0.416 e. The molecule has 3 rings (SSSR count). The number of halogens is 5. The van der Waals surface area contributed by atoms with Crippen molar-refractivity contribution in [2.75, 3.05) is 10.8 Å². The van der Waals surface area contributed by atoms with Gasteiger partial charge in [-0.15, -0.1) is 0 Å². The zero-order valence-electron chi connectivity index (χ0n) is 23.2. The van der Waals surface area contributed by atoms with E-state index >= 15 is 0 Å². The average molecular weight is 645 g/mol. The number of nitrogens with zero attached hydrogens (tertiary/aromatic N) is 2. The molecule has 0 bridgehead atoms. The lowest BCUT2D eigenvalue weighted by Crippen LogP contribution is -2.54. The highest BCUT2D eigenvalue weighted by molar-refractivity contribution is 7.92. The van der Waals surface area contributed by atoms with E-state index in [2.05, 4.69) is 5.32 Å². The Hall–Kier alpha value is -3.28. The number of hydrogen-bond acceptors (Lipinski definition) is 4. The smallest absolute Gasteiger partial charge is 0.350 e. The van der Waals surface area contributed by atoms with E-state index in [1.165, 1.54) is 31.2 Å². The third-order valence-corrected chi connectivity index (χ3v) is 8.43. The minimum atomic E-state index is -4.81. The molecule has 0 fully saturated rings. The summed E-state index contributed by atoms with van der Waals surface area (Å²) in [7, 11) is -4.60. The lowest BCUT2D eigenvalue weighted by molar-refractivity contribution is -0.140. The predicted octanol–water partition coefficient (Wildman–Crippen LogP) is 6.54. The lowest BCUT2D eigenvalue weighted by Gasteiger charge is -2.33. The van der Waals surface area contributed by atoms with Gasteiger partial charge in [0.25, 0.3) is 10.0 Å². The molecule has 1 atom stereocenters. The van der Waals surface area contributed by atoms with E-state index in [-0.39, 0.29) is 16.5 Å². The number of carbonyl (C=O) groups is 2. The van der Waals surface area contributed by atoms with Gasteiger partial charge in [-0.05, 0) is 75.7 Å². The molecule has 0 unspecified atom stereocenters. The Bertz CT molecular complexity index is 1530. The molecule has 1 N–H and O–H groups in total. The molecule has 3 aromatic carbocycles. The van der Waals surface area contributed by atoms with Crippen molar-refractivity contribution in [1.82, 2.24) is 10.2 Å². The maximum Gasteiger partial charge on any atom is 0.416 e. The van der Waals surface area contributed by atoms with Gasteiger partial charge in [0, 0.05) is 17.1 Å². The molecule has 0 spiro atoms. The monoisotopic (exact) mass is 643 g/mol. The second-order valence-electron chi connectivity index (χ2n) is 10.6. The van der Waals surface area contributed by atoms with Gasteiger partial charge in [0.2, 0.25) is 11.8 Å². The summed E-state index contributed by atoms with van der Waals surface area (Å²) >= 11 is 12.2. The van der Waals surface area contributed by atoms with Gasteiger partial charge < -0.3 is 10.2 Å².